The van der Waals surface area contributed by atoms with Crippen molar-refractivity contribution < 1.29 is 14.3 Å². The summed E-state index contributed by atoms with van der Waals surface area (Å²) in [6, 6.07) is 19.3. The van der Waals surface area contributed by atoms with E-state index in [2.05, 4.69) is 5.32 Å². The molecule has 0 aliphatic rings. The number of hydrogen-bond acceptors (Lipinski definition) is 3. The normalized spacial score (nSPS) is 10.5. The summed E-state index contributed by atoms with van der Waals surface area (Å²) in [4.78, 5) is 12.8. The standard InChI is InChI=1S/C25H27NO3/c1-5-28-24-12-11-20(25(27)26-23-14-18(3)9-10-19(23)4)15-21(24)16-29-22-8-6-7-17(2)13-22/h6-15H,5,16H2,1-4H3,(H,26,27). The van der Waals surface area contributed by atoms with Gasteiger partial charge < -0.3 is 14.8 Å². The van der Waals surface area contributed by atoms with Crippen LogP contribution in [0.3, 0.4) is 0 Å². The Hall–Kier alpha value is -3.27. The molecular weight excluding hydrogens is 362 g/mol. The van der Waals surface area contributed by atoms with E-state index >= 15 is 0 Å². The molecule has 0 saturated carbocycles. The van der Waals surface area contributed by atoms with Crippen molar-refractivity contribution in [3.63, 3.8) is 0 Å². The third-order valence-corrected chi connectivity index (χ3v) is 4.65. The van der Waals surface area contributed by atoms with E-state index in [0.29, 0.717) is 18.8 Å². The Morgan fingerprint density at radius 2 is 1.69 bits per heavy atom. The van der Waals surface area contributed by atoms with E-state index in [-0.39, 0.29) is 5.91 Å². The lowest BCUT2D eigenvalue weighted by Crippen LogP contribution is -2.14. The smallest absolute Gasteiger partial charge is 0.255 e. The van der Waals surface area contributed by atoms with Crippen molar-refractivity contribution in [1.82, 2.24) is 0 Å². The maximum Gasteiger partial charge on any atom is 0.255 e. The van der Waals surface area contributed by atoms with Crippen LogP contribution in [-0.4, -0.2) is 12.5 Å². The maximum absolute atomic E-state index is 12.8. The van der Waals surface area contributed by atoms with Gasteiger partial charge in [0.1, 0.15) is 18.1 Å². The molecule has 3 aromatic rings. The first-order valence-corrected chi connectivity index (χ1v) is 9.80. The summed E-state index contributed by atoms with van der Waals surface area (Å²) in [6.07, 6.45) is 0. The average molecular weight is 389 g/mol. The summed E-state index contributed by atoms with van der Waals surface area (Å²) < 4.78 is 11.7. The lowest BCUT2D eigenvalue weighted by atomic mass is 10.1. The van der Waals surface area contributed by atoms with E-state index in [0.717, 1.165) is 39.4 Å². The number of carbonyl (C=O) groups excluding carboxylic acids is 1. The lowest BCUT2D eigenvalue weighted by molar-refractivity contribution is 0.102. The zero-order valence-corrected chi connectivity index (χ0v) is 17.4. The minimum absolute atomic E-state index is 0.154. The predicted molar refractivity (Wildman–Crippen MR) is 117 cm³/mol. The Morgan fingerprint density at radius 3 is 2.45 bits per heavy atom. The number of benzene rings is 3. The van der Waals surface area contributed by atoms with Crippen LogP contribution in [0, 0.1) is 20.8 Å². The Bertz CT molecular complexity index is 1010. The SMILES string of the molecule is CCOc1ccc(C(=O)Nc2cc(C)ccc2C)cc1COc1cccc(C)c1. The second-order valence-corrected chi connectivity index (χ2v) is 7.13. The van der Waals surface area contributed by atoms with E-state index < -0.39 is 0 Å². The van der Waals surface area contributed by atoms with Gasteiger partial charge in [-0.1, -0.05) is 24.3 Å². The molecule has 0 fully saturated rings. The molecule has 0 unspecified atom stereocenters. The van der Waals surface area contributed by atoms with Crippen molar-refractivity contribution >= 4 is 11.6 Å². The molecule has 4 nitrogen and oxygen atoms in total. The van der Waals surface area contributed by atoms with Gasteiger partial charge in [-0.15, -0.1) is 0 Å². The Kier molecular flexibility index (Phi) is 6.55. The maximum atomic E-state index is 12.8. The predicted octanol–water partition coefficient (Wildman–Crippen LogP) is 5.84. The molecule has 0 aliphatic carbocycles. The topological polar surface area (TPSA) is 47.6 Å². The fourth-order valence-corrected chi connectivity index (χ4v) is 3.06. The van der Waals surface area contributed by atoms with Gasteiger partial charge in [0.2, 0.25) is 0 Å². The van der Waals surface area contributed by atoms with Crippen LogP contribution in [0.25, 0.3) is 0 Å². The molecule has 1 N–H and O–H groups in total. The van der Waals surface area contributed by atoms with Gasteiger partial charge in [0, 0.05) is 16.8 Å². The van der Waals surface area contributed by atoms with E-state index in [1.807, 2.05) is 82.3 Å². The number of anilines is 1. The molecule has 0 saturated heterocycles. The van der Waals surface area contributed by atoms with E-state index in [1.54, 1.807) is 6.07 Å². The van der Waals surface area contributed by atoms with Crippen LogP contribution in [0.15, 0.2) is 60.7 Å². The summed E-state index contributed by atoms with van der Waals surface area (Å²) in [5.41, 5.74) is 5.48. The largest absolute Gasteiger partial charge is 0.493 e. The van der Waals surface area contributed by atoms with Gasteiger partial charge in [-0.05, 0) is 80.8 Å². The van der Waals surface area contributed by atoms with Crippen LogP contribution in [0.2, 0.25) is 0 Å². The summed E-state index contributed by atoms with van der Waals surface area (Å²) in [6.45, 7) is 8.82. The summed E-state index contributed by atoms with van der Waals surface area (Å²) in [5, 5.41) is 3.01. The van der Waals surface area contributed by atoms with Gasteiger partial charge in [0.05, 0.1) is 6.61 Å². The van der Waals surface area contributed by atoms with Crippen molar-refractivity contribution in [1.29, 1.82) is 0 Å². The van der Waals surface area contributed by atoms with Crippen molar-refractivity contribution in [2.75, 3.05) is 11.9 Å². The molecule has 0 bridgehead atoms. The van der Waals surface area contributed by atoms with Gasteiger partial charge in [-0.2, -0.15) is 0 Å². The van der Waals surface area contributed by atoms with Crippen LogP contribution < -0.4 is 14.8 Å². The van der Waals surface area contributed by atoms with Crippen LogP contribution in [-0.2, 0) is 6.61 Å². The third kappa shape index (κ3) is 5.38. The van der Waals surface area contributed by atoms with Crippen LogP contribution in [0.5, 0.6) is 11.5 Å². The molecule has 0 heterocycles. The van der Waals surface area contributed by atoms with Crippen molar-refractivity contribution in [3.05, 3.63) is 88.5 Å². The minimum Gasteiger partial charge on any atom is -0.493 e. The van der Waals surface area contributed by atoms with Crippen LogP contribution in [0.1, 0.15) is 39.5 Å². The monoisotopic (exact) mass is 389 g/mol. The van der Waals surface area contributed by atoms with Gasteiger partial charge in [-0.3, -0.25) is 4.79 Å². The van der Waals surface area contributed by atoms with Crippen molar-refractivity contribution in [3.8, 4) is 11.5 Å². The second kappa shape index (κ2) is 9.28. The highest BCUT2D eigenvalue weighted by molar-refractivity contribution is 6.04. The zero-order chi connectivity index (χ0) is 20.8. The highest BCUT2D eigenvalue weighted by Gasteiger charge is 2.13. The second-order valence-electron chi connectivity index (χ2n) is 7.13. The fraction of sp³-hybridized carbons (Fsp3) is 0.240. The van der Waals surface area contributed by atoms with E-state index in [4.69, 9.17) is 9.47 Å². The molecule has 3 aromatic carbocycles. The molecule has 0 atom stereocenters. The molecule has 0 aliphatic heterocycles. The molecule has 0 aromatic heterocycles. The fourth-order valence-electron chi connectivity index (χ4n) is 3.06. The summed E-state index contributed by atoms with van der Waals surface area (Å²) in [5.74, 6) is 1.36. The first kappa shape index (κ1) is 20.5. The number of amides is 1. The van der Waals surface area contributed by atoms with Gasteiger partial charge >= 0.3 is 0 Å². The quantitative estimate of drug-likeness (QED) is 0.552. The van der Waals surface area contributed by atoms with E-state index in [1.165, 1.54) is 0 Å². The molecule has 3 rings (SSSR count). The van der Waals surface area contributed by atoms with Gasteiger partial charge in [0.15, 0.2) is 0 Å². The molecule has 1 amide bonds. The molecule has 29 heavy (non-hydrogen) atoms. The Labute approximate surface area is 172 Å². The molecule has 0 radical (unpaired) electrons. The van der Waals surface area contributed by atoms with Crippen LogP contribution >= 0.6 is 0 Å². The zero-order valence-electron chi connectivity index (χ0n) is 17.4. The molecular formula is C25H27NO3. The number of aryl methyl sites for hydroxylation is 3. The molecule has 150 valence electrons. The highest BCUT2D eigenvalue weighted by atomic mass is 16.5. The first-order chi connectivity index (χ1) is 14.0. The summed E-state index contributed by atoms with van der Waals surface area (Å²) in [7, 11) is 0. The van der Waals surface area contributed by atoms with Gasteiger partial charge in [0.25, 0.3) is 5.91 Å². The number of ether oxygens (including phenoxy) is 2. The lowest BCUT2D eigenvalue weighted by Gasteiger charge is -2.14. The average Bonchev–Trinajstić information content (AvgIpc) is 2.70. The minimum atomic E-state index is -0.154. The van der Waals surface area contributed by atoms with Gasteiger partial charge in [-0.25, -0.2) is 0 Å². The number of hydrogen-bond donors (Lipinski definition) is 1. The number of carbonyl (C=O) groups is 1. The third-order valence-electron chi connectivity index (χ3n) is 4.65. The Morgan fingerprint density at radius 1 is 0.897 bits per heavy atom. The van der Waals surface area contributed by atoms with Crippen molar-refractivity contribution in [2.45, 2.75) is 34.3 Å². The molecule has 4 heteroatoms. The van der Waals surface area contributed by atoms with E-state index in [9.17, 15) is 4.79 Å². The molecule has 0 spiro atoms. The van der Waals surface area contributed by atoms with Crippen LogP contribution in [0.4, 0.5) is 5.69 Å². The summed E-state index contributed by atoms with van der Waals surface area (Å²) >= 11 is 0. The number of nitrogens with one attached hydrogen (secondary N) is 1. The Balaban J connectivity index is 1.81. The highest BCUT2D eigenvalue weighted by Crippen LogP contribution is 2.24. The van der Waals surface area contributed by atoms with Crippen molar-refractivity contribution in [2.24, 2.45) is 0 Å². The first-order valence-electron chi connectivity index (χ1n) is 9.80. The number of rotatable bonds is 7.